The van der Waals surface area contributed by atoms with E-state index in [4.69, 9.17) is 9.84 Å². The lowest BCUT2D eigenvalue weighted by Crippen LogP contribution is -2.40. The van der Waals surface area contributed by atoms with Crippen molar-refractivity contribution in [2.24, 2.45) is 0 Å². The van der Waals surface area contributed by atoms with Gasteiger partial charge in [-0.15, -0.1) is 4.72 Å². The van der Waals surface area contributed by atoms with Crippen LogP contribution in [0.2, 0.25) is 0 Å². The molecule has 0 fully saturated rings. The SMILES string of the molecule is C[C@@H](N[S+]([O-])C(C)(C)C)c1cc(F)ccc1O[CH][CH]CO. The van der Waals surface area contributed by atoms with E-state index in [1.165, 1.54) is 31.2 Å². The van der Waals surface area contributed by atoms with Crippen molar-refractivity contribution >= 4 is 11.4 Å². The average molecular weight is 315 g/mol. The van der Waals surface area contributed by atoms with Crippen LogP contribution in [0.3, 0.4) is 0 Å². The van der Waals surface area contributed by atoms with Crippen LogP contribution in [0.5, 0.6) is 5.75 Å². The number of nitrogens with one attached hydrogen (secondary N) is 1. The topological polar surface area (TPSA) is 64.5 Å². The highest BCUT2D eigenvalue weighted by Gasteiger charge is 2.29. The molecular formula is C15H22FNO3S. The van der Waals surface area contributed by atoms with Gasteiger partial charge in [-0.2, -0.15) is 0 Å². The fourth-order valence-corrected chi connectivity index (χ4v) is 2.33. The Morgan fingerprint density at radius 2 is 2.14 bits per heavy atom. The van der Waals surface area contributed by atoms with E-state index in [0.29, 0.717) is 11.3 Å². The van der Waals surface area contributed by atoms with E-state index >= 15 is 0 Å². The molecule has 0 heterocycles. The van der Waals surface area contributed by atoms with Crippen molar-refractivity contribution in [3.05, 3.63) is 42.6 Å². The number of hydrogen-bond donors (Lipinski definition) is 2. The second kappa shape index (κ2) is 7.98. The third-order valence-corrected chi connectivity index (χ3v) is 4.35. The molecule has 118 valence electrons. The standard InChI is InChI=1S/C15H22FNO3S/c1-11(17-21(19)15(2,3)4)13-10-12(16)6-7-14(13)20-9-5-8-18/h5-7,9-11,17-18H,8H2,1-4H3/t11-,21?/m1/s1. The highest BCUT2D eigenvalue weighted by atomic mass is 32.2. The van der Waals surface area contributed by atoms with Gasteiger partial charge in [-0.3, -0.25) is 0 Å². The van der Waals surface area contributed by atoms with Crippen LogP contribution in [0.1, 0.15) is 39.3 Å². The lowest BCUT2D eigenvalue weighted by atomic mass is 10.1. The van der Waals surface area contributed by atoms with E-state index in [9.17, 15) is 8.94 Å². The molecule has 2 radical (unpaired) electrons. The maximum atomic E-state index is 13.5. The van der Waals surface area contributed by atoms with E-state index < -0.39 is 21.9 Å². The highest BCUT2D eigenvalue weighted by molar-refractivity contribution is 7.90. The lowest BCUT2D eigenvalue weighted by molar-refractivity contribution is 0.310. The minimum atomic E-state index is -1.28. The van der Waals surface area contributed by atoms with Gasteiger partial charge in [0, 0.05) is 23.3 Å². The summed E-state index contributed by atoms with van der Waals surface area (Å²) in [5, 5.41) is 8.70. The Balaban J connectivity index is 2.85. The molecule has 21 heavy (non-hydrogen) atoms. The molecule has 0 aliphatic rings. The number of aliphatic hydroxyl groups is 1. The summed E-state index contributed by atoms with van der Waals surface area (Å²) < 4.78 is 33.5. The third-order valence-electron chi connectivity index (χ3n) is 2.67. The molecule has 1 aromatic carbocycles. The Morgan fingerprint density at radius 1 is 1.48 bits per heavy atom. The Bertz CT molecular complexity index is 451. The van der Waals surface area contributed by atoms with Crippen LogP contribution in [0, 0.1) is 18.8 Å². The normalized spacial score (nSPS) is 14.8. The van der Waals surface area contributed by atoms with Crippen LogP contribution in [-0.4, -0.2) is 21.0 Å². The summed E-state index contributed by atoms with van der Waals surface area (Å²) in [7, 11) is 0. The number of benzene rings is 1. The van der Waals surface area contributed by atoms with Gasteiger partial charge in [0.25, 0.3) is 0 Å². The number of aliphatic hydroxyl groups excluding tert-OH is 1. The van der Waals surface area contributed by atoms with Crippen molar-refractivity contribution < 1.29 is 18.8 Å². The first-order valence-corrected chi connectivity index (χ1v) is 7.80. The van der Waals surface area contributed by atoms with Crippen molar-refractivity contribution in [1.82, 2.24) is 4.72 Å². The number of rotatable bonds is 7. The van der Waals surface area contributed by atoms with Gasteiger partial charge in [0.05, 0.1) is 12.6 Å². The molecule has 0 aromatic heterocycles. The lowest BCUT2D eigenvalue weighted by Gasteiger charge is -2.27. The maximum Gasteiger partial charge on any atom is 0.141 e. The summed E-state index contributed by atoms with van der Waals surface area (Å²) >= 11 is -1.28. The van der Waals surface area contributed by atoms with Crippen molar-refractivity contribution in [3.63, 3.8) is 0 Å². The maximum absolute atomic E-state index is 13.5. The van der Waals surface area contributed by atoms with Crippen LogP contribution in [0.25, 0.3) is 0 Å². The zero-order valence-corrected chi connectivity index (χ0v) is 13.5. The first-order chi connectivity index (χ1) is 9.75. The molecule has 0 spiro atoms. The van der Waals surface area contributed by atoms with Gasteiger partial charge >= 0.3 is 0 Å². The molecule has 0 bridgehead atoms. The predicted octanol–water partition coefficient (Wildman–Crippen LogP) is 2.68. The van der Waals surface area contributed by atoms with E-state index in [1.807, 2.05) is 20.8 Å². The zero-order chi connectivity index (χ0) is 16.0. The number of hydrogen-bond acceptors (Lipinski definition) is 4. The second-order valence-electron chi connectivity index (χ2n) is 5.57. The molecule has 0 aliphatic carbocycles. The summed E-state index contributed by atoms with van der Waals surface area (Å²) in [6.07, 6.45) is 1.43. The van der Waals surface area contributed by atoms with Gasteiger partial charge < -0.3 is 14.4 Å². The van der Waals surface area contributed by atoms with E-state index in [1.54, 1.807) is 6.92 Å². The number of halogens is 1. The molecule has 0 aliphatic heterocycles. The Morgan fingerprint density at radius 3 is 2.71 bits per heavy atom. The van der Waals surface area contributed by atoms with E-state index in [-0.39, 0.29) is 12.6 Å². The van der Waals surface area contributed by atoms with Crippen LogP contribution >= 0.6 is 0 Å². The summed E-state index contributed by atoms with van der Waals surface area (Å²) in [5.74, 6) is 0.0608. The summed E-state index contributed by atoms with van der Waals surface area (Å²) in [6.45, 7) is 8.56. The summed E-state index contributed by atoms with van der Waals surface area (Å²) in [4.78, 5) is 0. The van der Waals surface area contributed by atoms with Crippen molar-refractivity contribution in [2.45, 2.75) is 38.5 Å². The molecule has 6 heteroatoms. The van der Waals surface area contributed by atoms with Gasteiger partial charge in [0.15, 0.2) is 0 Å². The first-order valence-electron chi connectivity index (χ1n) is 6.65. The minimum absolute atomic E-state index is 0.141. The average Bonchev–Trinajstić information content (AvgIpc) is 2.39. The molecule has 2 N–H and O–H groups in total. The van der Waals surface area contributed by atoms with Gasteiger partial charge in [0.1, 0.15) is 22.9 Å². The van der Waals surface area contributed by atoms with Crippen LogP contribution in [0.15, 0.2) is 18.2 Å². The molecule has 2 atom stereocenters. The largest absolute Gasteiger partial charge is 0.598 e. The molecule has 1 aromatic rings. The van der Waals surface area contributed by atoms with E-state index in [0.717, 1.165) is 0 Å². The minimum Gasteiger partial charge on any atom is -0.598 e. The van der Waals surface area contributed by atoms with Crippen molar-refractivity contribution in [3.8, 4) is 5.75 Å². The third kappa shape index (κ3) is 5.82. The van der Waals surface area contributed by atoms with E-state index in [2.05, 4.69) is 4.72 Å². The Kier molecular flexibility index (Phi) is 6.93. The zero-order valence-electron chi connectivity index (χ0n) is 12.7. The fourth-order valence-electron chi connectivity index (χ4n) is 1.53. The second-order valence-corrected chi connectivity index (χ2v) is 7.57. The fraction of sp³-hybridized carbons (Fsp3) is 0.467. The van der Waals surface area contributed by atoms with Crippen LogP contribution in [-0.2, 0) is 11.4 Å². The monoisotopic (exact) mass is 315 g/mol. The van der Waals surface area contributed by atoms with Gasteiger partial charge in [-0.25, -0.2) is 4.39 Å². The molecule has 1 unspecified atom stereocenters. The van der Waals surface area contributed by atoms with Gasteiger partial charge in [-0.1, -0.05) is 0 Å². The molecule has 0 saturated heterocycles. The predicted molar refractivity (Wildman–Crippen MR) is 82.2 cm³/mol. The quantitative estimate of drug-likeness (QED) is 0.600. The highest BCUT2D eigenvalue weighted by Crippen LogP contribution is 2.28. The molecular weight excluding hydrogens is 293 g/mol. The van der Waals surface area contributed by atoms with Crippen LogP contribution < -0.4 is 9.46 Å². The van der Waals surface area contributed by atoms with Gasteiger partial charge in [-0.05, 0) is 45.9 Å². The Labute approximate surface area is 129 Å². The van der Waals surface area contributed by atoms with Crippen molar-refractivity contribution in [2.75, 3.05) is 6.61 Å². The molecule has 0 amide bonds. The summed E-state index contributed by atoms with van der Waals surface area (Å²) in [5.41, 5.74) is 0.565. The van der Waals surface area contributed by atoms with Crippen molar-refractivity contribution in [1.29, 1.82) is 0 Å². The smallest absolute Gasteiger partial charge is 0.141 e. The van der Waals surface area contributed by atoms with Gasteiger partial charge in [0.2, 0.25) is 0 Å². The Hall–Kier alpha value is -0.820. The molecule has 0 saturated carbocycles. The molecule has 4 nitrogen and oxygen atoms in total. The summed E-state index contributed by atoms with van der Waals surface area (Å²) in [6, 6.07) is 3.79. The van der Waals surface area contributed by atoms with Crippen LogP contribution in [0.4, 0.5) is 4.39 Å². The molecule has 1 rings (SSSR count). The first kappa shape index (κ1) is 18.2. The number of ether oxygens (including phenoxy) is 1.